The number of hydrogen-bond acceptors (Lipinski definition) is 3. The van der Waals surface area contributed by atoms with E-state index in [1.807, 2.05) is 26.0 Å². The summed E-state index contributed by atoms with van der Waals surface area (Å²) in [7, 11) is 0. The summed E-state index contributed by atoms with van der Waals surface area (Å²) in [5.74, 6) is -0.464. The molecule has 0 aliphatic heterocycles. The molecule has 0 unspecified atom stereocenters. The topological polar surface area (TPSA) is 75.1 Å². The SMILES string of the molecule is CC(C)(CNC(=O)Br)c1ccc2oc(=O)[nH]c2c1. The number of carbonyl (C=O) groups excluding carboxylic acids is 1. The van der Waals surface area contributed by atoms with Gasteiger partial charge in [-0.1, -0.05) is 19.9 Å². The predicted molar refractivity (Wildman–Crippen MR) is 72.2 cm³/mol. The van der Waals surface area contributed by atoms with Gasteiger partial charge in [-0.3, -0.25) is 9.78 Å². The van der Waals surface area contributed by atoms with Gasteiger partial charge in [-0.15, -0.1) is 0 Å². The molecule has 1 amide bonds. The number of benzene rings is 1. The molecule has 0 bridgehead atoms. The van der Waals surface area contributed by atoms with Gasteiger partial charge < -0.3 is 9.73 Å². The summed E-state index contributed by atoms with van der Waals surface area (Å²) in [6.45, 7) is 4.51. The van der Waals surface area contributed by atoms with Crippen LogP contribution in [0, 0.1) is 0 Å². The minimum absolute atomic E-state index is 0.242. The van der Waals surface area contributed by atoms with Crippen LogP contribution >= 0.6 is 15.9 Å². The van der Waals surface area contributed by atoms with Crippen molar-refractivity contribution >= 4 is 31.8 Å². The molecule has 18 heavy (non-hydrogen) atoms. The molecule has 0 aliphatic carbocycles. The van der Waals surface area contributed by atoms with E-state index in [0.29, 0.717) is 17.6 Å². The number of H-pyrrole nitrogens is 1. The molecule has 0 saturated carbocycles. The second-order valence-corrected chi connectivity index (χ2v) is 5.46. The molecule has 0 spiro atoms. The standard InChI is InChI=1S/C12H13BrN2O3/c1-12(2,6-14-10(13)16)7-3-4-9-8(5-7)15-11(17)18-9/h3-5H,6H2,1-2H3,(H,14,16)(H,15,17). The van der Waals surface area contributed by atoms with E-state index >= 15 is 0 Å². The van der Waals surface area contributed by atoms with E-state index < -0.39 is 5.76 Å². The summed E-state index contributed by atoms with van der Waals surface area (Å²) in [6, 6.07) is 5.50. The van der Waals surface area contributed by atoms with Crippen molar-refractivity contribution in [3.63, 3.8) is 0 Å². The fourth-order valence-electron chi connectivity index (χ4n) is 1.77. The number of rotatable bonds is 3. The second kappa shape index (κ2) is 4.61. The van der Waals surface area contributed by atoms with Gasteiger partial charge >= 0.3 is 5.76 Å². The van der Waals surface area contributed by atoms with Crippen molar-refractivity contribution in [1.82, 2.24) is 10.3 Å². The third-order valence-electron chi connectivity index (χ3n) is 2.87. The molecule has 2 N–H and O–H groups in total. The van der Waals surface area contributed by atoms with Crippen molar-refractivity contribution in [3.05, 3.63) is 34.3 Å². The van der Waals surface area contributed by atoms with Crippen LogP contribution in [-0.4, -0.2) is 16.3 Å². The number of fused-ring (bicyclic) bond motifs is 1. The van der Waals surface area contributed by atoms with Crippen molar-refractivity contribution in [2.45, 2.75) is 19.3 Å². The number of aromatic nitrogens is 1. The smallest absolute Gasteiger partial charge is 0.408 e. The molecular formula is C12H13BrN2O3. The van der Waals surface area contributed by atoms with Crippen LogP contribution in [-0.2, 0) is 5.41 Å². The number of hydrogen-bond donors (Lipinski definition) is 2. The third kappa shape index (κ3) is 2.64. The number of nitrogens with one attached hydrogen (secondary N) is 2. The lowest BCUT2D eigenvalue weighted by molar-refractivity contribution is 0.259. The first-order valence-corrected chi connectivity index (χ1v) is 6.24. The molecule has 1 heterocycles. The minimum atomic E-state index is -0.464. The quantitative estimate of drug-likeness (QED) is 0.675. The van der Waals surface area contributed by atoms with Crippen molar-refractivity contribution in [2.24, 2.45) is 0 Å². The molecular weight excluding hydrogens is 300 g/mol. The first-order chi connectivity index (χ1) is 8.38. The minimum Gasteiger partial charge on any atom is -0.408 e. The molecule has 1 aromatic carbocycles. The Balaban J connectivity index is 2.34. The highest BCUT2D eigenvalue weighted by Gasteiger charge is 2.21. The lowest BCUT2D eigenvalue weighted by Gasteiger charge is -2.25. The molecule has 0 aliphatic rings. The fourth-order valence-corrected chi connectivity index (χ4v) is 1.91. The molecule has 5 nitrogen and oxygen atoms in total. The van der Waals surface area contributed by atoms with E-state index in [-0.39, 0.29) is 10.2 Å². The van der Waals surface area contributed by atoms with Gasteiger partial charge in [-0.25, -0.2) is 4.79 Å². The van der Waals surface area contributed by atoms with Crippen molar-refractivity contribution in [1.29, 1.82) is 0 Å². The molecule has 1 aromatic heterocycles. The first kappa shape index (κ1) is 12.9. The average Bonchev–Trinajstić information content (AvgIpc) is 2.65. The first-order valence-electron chi connectivity index (χ1n) is 5.45. The molecule has 2 rings (SSSR count). The van der Waals surface area contributed by atoms with Crippen LogP contribution in [0.4, 0.5) is 4.79 Å². The van der Waals surface area contributed by atoms with Gasteiger partial charge in [-0.2, -0.15) is 0 Å². The van der Waals surface area contributed by atoms with Crippen LogP contribution in [0.1, 0.15) is 19.4 Å². The zero-order valence-electron chi connectivity index (χ0n) is 10.0. The van der Waals surface area contributed by atoms with Crippen LogP contribution in [0.2, 0.25) is 0 Å². The van der Waals surface area contributed by atoms with Gasteiger partial charge in [0.25, 0.3) is 4.82 Å². The summed E-state index contributed by atoms with van der Waals surface area (Å²) < 4.78 is 4.95. The largest absolute Gasteiger partial charge is 0.417 e. The third-order valence-corrected chi connectivity index (χ3v) is 3.15. The van der Waals surface area contributed by atoms with E-state index in [9.17, 15) is 9.59 Å². The highest BCUT2D eigenvalue weighted by Crippen LogP contribution is 2.25. The molecule has 0 atom stereocenters. The van der Waals surface area contributed by atoms with Crippen molar-refractivity contribution in [3.8, 4) is 0 Å². The van der Waals surface area contributed by atoms with E-state index in [2.05, 4.69) is 26.2 Å². The van der Waals surface area contributed by atoms with Crippen molar-refractivity contribution in [2.75, 3.05) is 6.54 Å². The van der Waals surface area contributed by atoms with Crippen LogP contribution in [0.5, 0.6) is 0 Å². The Kier molecular flexibility index (Phi) is 3.30. The Morgan fingerprint density at radius 3 is 2.89 bits per heavy atom. The van der Waals surface area contributed by atoms with E-state index in [1.165, 1.54) is 0 Å². The fraction of sp³-hybridized carbons (Fsp3) is 0.333. The maximum atomic E-state index is 11.1. The van der Waals surface area contributed by atoms with Gasteiger partial charge in [-0.05, 0) is 17.7 Å². The highest BCUT2D eigenvalue weighted by molar-refractivity contribution is 9.18. The molecule has 0 saturated heterocycles. The average molecular weight is 313 g/mol. The monoisotopic (exact) mass is 312 g/mol. The lowest BCUT2D eigenvalue weighted by Crippen LogP contribution is -2.34. The van der Waals surface area contributed by atoms with E-state index in [4.69, 9.17) is 4.42 Å². The maximum Gasteiger partial charge on any atom is 0.417 e. The predicted octanol–water partition coefficient (Wildman–Crippen LogP) is 2.50. The van der Waals surface area contributed by atoms with Gasteiger partial charge in [0.1, 0.15) is 0 Å². The number of amides is 1. The maximum absolute atomic E-state index is 11.1. The summed E-state index contributed by atoms with van der Waals surface area (Å²) in [5.41, 5.74) is 1.96. The number of halogens is 1. The molecule has 0 radical (unpaired) electrons. The van der Waals surface area contributed by atoms with E-state index in [1.54, 1.807) is 6.07 Å². The van der Waals surface area contributed by atoms with Crippen LogP contribution < -0.4 is 11.1 Å². The Hall–Kier alpha value is -1.56. The van der Waals surface area contributed by atoms with Crippen LogP contribution in [0.25, 0.3) is 11.1 Å². The summed E-state index contributed by atoms with van der Waals surface area (Å²) >= 11 is 2.83. The van der Waals surface area contributed by atoms with Crippen LogP contribution in [0.15, 0.2) is 27.4 Å². The number of oxazole rings is 1. The second-order valence-electron chi connectivity index (χ2n) is 4.74. The number of aromatic amines is 1. The molecule has 0 fully saturated rings. The van der Waals surface area contributed by atoms with Gasteiger partial charge in [0, 0.05) is 27.9 Å². The van der Waals surface area contributed by atoms with E-state index in [0.717, 1.165) is 5.56 Å². The Morgan fingerprint density at radius 1 is 1.50 bits per heavy atom. The summed E-state index contributed by atoms with van der Waals surface area (Å²) in [5, 5.41) is 2.72. The molecule has 6 heteroatoms. The number of carbonyl (C=O) groups is 1. The zero-order chi connectivity index (χ0) is 13.3. The lowest BCUT2D eigenvalue weighted by atomic mass is 9.84. The molecule has 2 aromatic rings. The molecule has 96 valence electrons. The Bertz CT molecular complexity index is 642. The highest BCUT2D eigenvalue weighted by atomic mass is 79.9. The van der Waals surface area contributed by atoms with Gasteiger partial charge in [0.15, 0.2) is 5.58 Å². The Morgan fingerprint density at radius 2 is 2.22 bits per heavy atom. The summed E-state index contributed by atoms with van der Waals surface area (Å²) in [6.07, 6.45) is 0. The Labute approximate surface area is 112 Å². The normalized spacial score (nSPS) is 11.7. The van der Waals surface area contributed by atoms with Gasteiger partial charge in [0.2, 0.25) is 0 Å². The summed E-state index contributed by atoms with van der Waals surface area (Å²) in [4.78, 5) is 24.3. The zero-order valence-corrected chi connectivity index (χ0v) is 11.6. The van der Waals surface area contributed by atoms with Gasteiger partial charge in [0.05, 0.1) is 5.52 Å². The van der Waals surface area contributed by atoms with Crippen LogP contribution in [0.3, 0.4) is 0 Å². The van der Waals surface area contributed by atoms with Crippen molar-refractivity contribution < 1.29 is 9.21 Å².